The summed E-state index contributed by atoms with van der Waals surface area (Å²) in [5.41, 5.74) is 13.1. The highest BCUT2D eigenvalue weighted by Gasteiger charge is 2.14. The molecule has 2 aromatic rings. The molecule has 0 atom stereocenters. The van der Waals surface area contributed by atoms with Crippen LogP contribution in [0.3, 0.4) is 0 Å². The van der Waals surface area contributed by atoms with Gasteiger partial charge in [0.05, 0.1) is 11.3 Å². The first-order valence-corrected chi connectivity index (χ1v) is 6.14. The molecule has 0 unspecified atom stereocenters. The summed E-state index contributed by atoms with van der Waals surface area (Å²) in [6.45, 7) is 3.62. The molecule has 4 N–H and O–H groups in total. The van der Waals surface area contributed by atoms with Crippen LogP contribution in [0.25, 0.3) is 0 Å². The molecule has 19 heavy (non-hydrogen) atoms. The molecule has 0 radical (unpaired) electrons. The smallest absolute Gasteiger partial charge is 0.197 e. The van der Waals surface area contributed by atoms with Crippen LogP contribution in [-0.4, -0.2) is 20.2 Å². The van der Waals surface area contributed by atoms with E-state index in [2.05, 4.69) is 26.2 Å². The van der Waals surface area contributed by atoms with Gasteiger partial charge in [0.1, 0.15) is 22.7 Å². The van der Waals surface area contributed by atoms with Crippen LogP contribution in [0.1, 0.15) is 16.8 Å². The van der Waals surface area contributed by atoms with E-state index in [1.165, 1.54) is 6.07 Å². The number of nitrogens with zero attached hydrogens (tertiary/aromatic N) is 5. The average Bonchev–Trinajstić information content (AvgIpc) is 2.33. The minimum Gasteiger partial charge on any atom is -0.383 e. The lowest BCUT2D eigenvalue weighted by atomic mass is 10.1. The lowest BCUT2D eigenvalue weighted by Gasteiger charge is -2.06. The Balaban J connectivity index is 2.44. The van der Waals surface area contributed by atoms with Crippen LogP contribution in [0.5, 0.6) is 0 Å². The van der Waals surface area contributed by atoms with Gasteiger partial charge >= 0.3 is 0 Å². The van der Waals surface area contributed by atoms with Crippen LogP contribution in [-0.2, 0) is 0 Å². The fourth-order valence-corrected chi connectivity index (χ4v) is 2.24. The molecule has 0 saturated heterocycles. The zero-order valence-corrected chi connectivity index (χ0v) is 11.2. The van der Waals surface area contributed by atoms with E-state index in [4.69, 9.17) is 11.5 Å². The van der Waals surface area contributed by atoms with Gasteiger partial charge in [-0.1, -0.05) is 0 Å². The summed E-state index contributed by atoms with van der Waals surface area (Å²) in [6.07, 6.45) is 0. The lowest BCUT2D eigenvalue weighted by molar-refractivity contribution is 0.865. The third-order valence-corrected chi connectivity index (χ3v) is 3.31. The Kier molecular flexibility index (Phi) is 3.48. The van der Waals surface area contributed by atoms with Crippen molar-refractivity contribution < 1.29 is 0 Å². The zero-order chi connectivity index (χ0) is 14.0. The van der Waals surface area contributed by atoms with Gasteiger partial charge in [0, 0.05) is 6.07 Å². The molecule has 0 aliphatic carbocycles. The van der Waals surface area contributed by atoms with Gasteiger partial charge < -0.3 is 11.5 Å². The molecule has 0 aromatic carbocycles. The second kappa shape index (κ2) is 5.07. The second-order valence-electron chi connectivity index (χ2n) is 3.80. The van der Waals surface area contributed by atoms with Crippen LogP contribution < -0.4 is 11.5 Å². The molecule has 0 aliphatic rings. The van der Waals surface area contributed by atoms with Crippen LogP contribution in [0, 0.1) is 25.2 Å². The topological polar surface area (TPSA) is 127 Å². The molecular weight excluding hydrogens is 262 g/mol. The minimum atomic E-state index is 0.269. The van der Waals surface area contributed by atoms with E-state index in [1.807, 2.05) is 6.92 Å². The van der Waals surface area contributed by atoms with Crippen LogP contribution in [0.4, 0.5) is 11.6 Å². The number of aryl methyl sites for hydroxylation is 1. The highest BCUT2D eigenvalue weighted by molar-refractivity contribution is 7.99. The van der Waals surface area contributed by atoms with Gasteiger partial charge in [-0.2, -0.15) is 10.4 Å². The number of aromatic nitrogens is 4. The van der Waals surface area contributed by atoms with Gasteiger partial charge in [-0.25, -0.2) is 9.97 Å². The number of anilines is 2. The fraction of sp³-hybridized carbons (Fsp3) is 0.182. The molecule has 0 bridgehead atoms. The van der Waals surface area contributed by atoms with Crippen molar-refractivity contribution in [2.45, 2.75) is 24.0 Å². The summed E-state index contributed by atoms with van der Waals surface area (Å²) in [7, 11) is 0. The number of nitrogens with two attached hydrogens (primary N) is 2. The largest absolute Gasteiger partial charge is 0.383 e. The van der Waals surface area contributed by atoms with Crippen molar-refractivity contribution in [1.29, 1.82) is 5.26 Å². The molecular formula is C11H11N7S. The first-order valence-electron chi connectivity index (χ1n) is 5.33. The highest BCUT2D eigenvalue weighted by atomic mass is 32.2. The predicted molar refractivity (Wildman–Crippen MR) is 71.2 cm³/mol. The maximum absolute atomic E-state index is 9.19. The van der Waals surface area contributed by atoms with Crippen molar-refractivity contribution in [3.8, 4) is 6.07 Å². The molecule has 2 rings (SSSR count). The van der Waals surface area contributed by atoms with Crippen molar-refractivity contribution in [3.05, 3.63) is 22.9 Å². The summed E-state index contributed by atoms with van der Waals surface area (Å²) in [6, 6.07) is 3.57. The summed E-state index contributed by atoms with van der Waals surface area (Å²) in [5, 5.41) is 18.0. The highest BCUT2D eigenvalue weighted by Crippen LogP contribution is 2.28. The number of hydrogen-bond donors (Lipinski definition) is 2. The first kappa shape index (κ1) is 13.0. The quantitative estimate of drug-likeness (QED) is 0.778. The Bertz CT molecular complexity index is 657. The molecule has 0 amide bonds. The summed E-state index contributed by atoms with van der Waals surface area (Å²) in [5.74, 6) is 0.538. The van der Waals surface area contributed by atoms with Crippen LogP contribution >= 0.6 is 11.8 Å². The van der Waals surface area contributed by atoms with Gasteiger partial charge in [-0.15, -0.1) is 5.10 Å². The van der Waals surface area contributed by atoms with Crippen molar-refractivity contribution in [3.63, 3.8) is 0 Å². The summed E-state index contributed by atoms with van der Waals surface area (Å²) in [4.78, 5) is 8.06. The van der Waals surface area contributed by atoms with E-state index in [-0.39, 0.29) is 11.6 Å². The molecule has 8 heteroatoms. The molecule has 2 aromatic heterocycles. The SMILES string of the molecule is Cc1nnc(Sc2nc(N)cc(N)n2)c(C#N)c1C. The third-order valence-electron chi connectivity index (χ3n) is 2.47. The number of hydrogen-bond acceptors (Lipinski definition) is 8. The molecule has 0 fully saturated rings. The maximum Gasteiger partial charge on any atom is 0.197 e. The summed E-state index contributed by atoms with van der Waals surface area (Å²) >= 11 is 1.11. The molecule has 0 spiro atoms. The van der Waals surface area contributed by atoms with Crippen molar-refractivity contribution in [2.24, 2.45) is 0 Å². The predicted octanol–water partition coefficient (Wildman–Crippen LogP) is 1.07. The molecule has 7 nitrogen and oxygen atoms in total. The Morgan fingerprint density at radius 3 is 2.37 bits per heavy atom. The van der Waals surface area contributed by atoms with Crippen molar-refractivity contribution in [1.82, 2.24) is 20.2 Å². The van der Waals surface area contributed by atoms with E-state index < -0.39 is 0 Å². The molecule has 0 saturated carbocycles. The summed E-state index contributed by atoms with van der Waals surface area (Å²) < 4.78 is 0. The van der Waals surface area contributed by atoms with E-state index in [0.29, 0.717) is 21.4 Å². The number of rotatable bonds is 2. The third kappa shape index (κ3) is 2.71. The Morgan fingerprint density at radius 1 is 1.16 bits per heavy atom. The minimum absolute atomic E-state index is 0.269. The van der Waals surface area contributed by atoms with Crippen molar-refractivity contribution in [2.75, 3.05) is 11.5 Å². The van der Waals surface area contributed by atoms with Gasteiger partial charge in [0.2, 0.25) is 0 Å². The normalized spacial score (nSPS) is 10.2. The van der Waals surface area contributed by atoms with Gasteiger partial charge in [-0.3, -0.25) is 0 Å². The zero-order valence-electron chi connectivity index (χ0n) is 10.4. The van der Waals surface area contributed by atoms with Crippen molar-refractivity contribution >= 4 is 23.4 Å². The monoisotopic (exact) mass is 273 g/mol. The average molecular weight is 273 g/mol. The van der Waals surface area contributed by atoms with Crippen LogP contribution in [0.2, 0.25) is 0 Å². The van der Waals surface area contributed by atoms with Gasteiger partial charge in [0.25, 0.3) is 0 Å². The first-order chi connectivity index (χ1) is 9.01. The molecule has 2 heterocycles. The van der Waals surface area contributed by atoms with E-state index in [1.54, 1.807) is 6.92 Å². The molecule has 96 valence electrons. The second-order valence-corrected chi connectivity index (χ2v) is 4.76. The molecule has 0 aliphatic heterocycles. The Hall–Kier alpha value is -2.40. The Labute approximate surface area is 114 Å². The van der Waals surface area contributed by atoms with Gasteiger partial charge in [0.15, 0.2) is 5.16 Å². The van der Waals surface area contributed by atoms with Crippen LogP contribution in [0.15, 0.2) is 16.2 Å². The maximum atomic E-state index is 9.19. The lowest BCUT2D eigenvalue weighted by Crippen LogP contribution is -2.02. The van der Waals surface area contributed by atoms with E-state index in [9.17, 15) is 5.26 Å². The fourth-order valence-electron chi connectivity index (χ4n) is 1.38. The standard InChI is InChI=1S/C11H11N7S/c1-5-6(2)17-18-10(7(5)4-12)19-11-15-8(13)3-9(14)16-11/h3H,1-2H3,(H4,13,14,15,16). The van der Waals surface area contributed by atoms with E-state index >= 15 is 0 Å². The Morgan fingerprint density at radius 2 is 1.79 bits per heavy atom. The van der Waals surface area contributed by atoms with Gasteiger partial charge in [-0.05, 0) is 31.2 Å². The number of nitrogen functional groups attached to an aromatic ring is 2. The van der Waals surface area contributed by atoms with E-state index in [0.717, 1.165) is 17.3 Å². The number of nitriles is 1.